The zero-order valence-corrected chi connectivity index (χ0v) is 15.5. The van der Waals surface area contributed by atoms with E-state index in [0.29, 0.717) is 38.3 Å². The summed E-state index contributed by atoms with van der Waals surface area (Å²) in [6.45, 7) is 6.40. The number of rotatable bonds is 9. The molecule has 1 aromatic carbocycles. The average Bonchev–Trinajstić information content (AvgIpc) is 2.59. The standard InChI is InChI=1S/C19H28FN3O3/c1-14(2)26-11-5-8-21-18(24)12-17-19(25)22-9-10-23(17)13-15-6-3-4-7-16(15)20/h3-4,6-7,14,17H,5,8-13H2,1-2H3,(H,21,24)(H,22,25). The minimum atomic E-state index is -0.588. The van der Waals surface area contributed by atoms with Crippen LogP contribution in [-0.2, 0) is 20.9 Å². The number of hydrogen-bond acceptors (Lipinski definition) is 4. The van der Waals surface area contributed by atoms with Crippen LogP contribution in [0.25, 0.3) is 0 Å². The summed E-state index contributed by atoms with van der Waals surface area (Å²) in [6.07, 6.45) is 0.953. The lowest BCUT2D eigenvalue weighted by Gasteiger charge is -2.34. The van der Waals surface area contributed by atoms with E-state index < -0.39 is 6.04 Å². The Morgan fingerprint density at radius 3 is 2.92 bits per heavy atom. The third-order valence-corrected chi connectivity index (χ3v) is 4.25. The second-order valence-electron chi connectivity index (χ2n) is 6.70. The molecule has 0 aromatic heterocycles. The number of halogens is 1. The van der Waals surface area contributed by atoms with Crippen LogP contribution in [0.15, 0.2) is 24.3 Å². The van der Waals surface area contributed by atoms with Crippen molar-refractivity contribution >= 4 is 11.8 Å². The van der Waals surface area contributed by atoms with Crippen molar-refractivity contribution in [2.45, 2.75) is 45.4 Å². The van der Waals surface area contributed by atoms with Crippen molar-refractivity contribution in [3.05, 3.63) is 35.6 Å². The molecule has 144 valence electrons. The number of ether oxygens (including phenoxy) is 1. The predicted molar refractivity (Wildman–Crippen MR) is 96.9 cm³/mol. The Labute approximate surface area is 154 Å². The number of amides is 2. The van der Waals surface area contributed by atoms with Gasteiger partial charge in [-0.05, 0) is 26.3 Å². The molecule has 6 nitrogen and oxygen atoms in total. The first-order valence-electron chi connectivity index (χ1n) is 9.11. The summed E-state index contributed by atoms with van der Waals surface area (Å²) in [5.41, 5.74) is 0.526. The lowest BCUT2D eigenvalue weighted by atomic mass is 10.1. The number of nitrogens with one attached hydrogen (secondary N) is 2. The number of piperazine rings is 1. The van der Waals surface area contributed by atoms with Gasteiger partial charge in [-0.3, -0.25) is 14.5 Å². The quantitative estimate of drug-likeness (QED) is 0.650. The summed E-state index contributed by atoms with van der Waals surface area (Å²) in [6, 6.07) is 5.92. The molecule has 2 amide bonds. The molecule has 0 radical (unpaired) electrons. The molecule has 26 heavy (non-hydrogen) atoms. The van der Waals surface area contributed by atoms with E-state index in [2.05, 4.69) is 10.6 Å². The van der Waals surface area contributed by atoms with E-state index in [1.165, 1.54) is 6.07 Å². The molecule has 2 N–H and O–H groups in total. The van der Waals surface area contributed by atoms with Crippen molar-refractivity contribution in [3.63, 3.8) is 0 Å². The van der Waals surface area contributed by atoms with E-state index in [4.69, 9.17) is 4.74 Å². The highest BCUT2D eigenvalue weighted by Gasteiger charge is 2.31. The Bertz CT molecular complexity index is 609. The minimum Gasteiger partial charge on any atom is -0.379 e. The van der Waals surface area contributed by atoms with Gasteiger partial charge >= 0.3 is 0 Å². The van der Waals surface area contributed by atoms with Gasteiger partial charge in [0.25, 0.3) is 0 Å². The van der Waals surface area contributed by atoms with Crippen LogP contribution in [0.3, 0.4) is 0 Å². The van der Waals surface area contributed by atoms with Crippen LogP contribution >= 0.6 is 0 Å². The molecule has 1 aromatic rings. The molecule has 0 spiro atoms. The van der Waals surface area contributed by atoms with E-state index in [1.807, 2.05) is 18.7 Å². The maximum Gasteiger partial charge on any atom is 0.237 e. The van der Waals surface area contributed by atoms with E-state index >= 15 is 0 Å². The normalized spacial score (nSPS) is 18.0. The number of benzene rings is 1. The SMILES string of the molecule is CC(C)OCCCNC(=O)CC1C(=O)NCCN1Cc1ccccc1F. The van der Waals surface area contributed by atoms with E-state index in [-0.39, 0.29) is 30.2 Å². The topological polar surface area (TPSA) is 70.7 Å². The Kier molecular flexibility index (Phi) is 8.00. The predicted octanol–water partition coefficient (Wildman–Crippen LogP) is 1.45. The summed E-state index contributed by atoms with van der Waals surface area (Å²) in [7, 11) is 0. The van der Waals surface area contributed by atoms with Gasteiger partial charge in [0, 0.05) is 38.3 Å². The van der Waals surface area contributed by atoms with Crippen LogP contribution in [-0.4, -0.2) is 55.1 Å². The van der Waals surface area contributed by atoms with Gasteiger partial charge in [-0.1, -0.05) is 18.2 Å². The highest BCUT2D eigenvalue weighted by molar-refractivity contribution is 5.88. The third kappa shape index (κ3) is 6.38. The van der Waals surface area contributed by atoms with Gasteiger partial charge in [0.15, 0.2) is 0 Å². The summed E-state index contributed by atoms with van der Waals surface area (Å²) in [5.74, 6) is -0.673. The van der Waals surface area contributed by atoms with E-state index in [0.717, 1.165) is 6.42 Å². The summed E-state index contributed by atoms with van der Waals surface area (Å²) < 4.78 is 19.3. The molecule has 1 saturated heterocycles. The Hall–Kier alpha value is -1.99. The van der Waals surface area contributed by atoms with Gasteiger partial charge in [0.05, 0.1) is 18.6 Å². The molecule has 0 saturated carbocycles. The van der Waals surface area contributed by atoms with Crippen molar-refractivity contribution in [2.24, 2.45) is 0 Å². The lowest BCUT2D eigenvalue weighted by molar-refractivity contribution is -0.134. The Morgan fingerprint density at radius 2 is 2.19 bits per heavy atom. The van der Waals surface area contributed by atoms with Crippen molar-refractivity contribution in [2.75, 3.05) is 26.2 Å². The Balaban J connectivity index is 1.86. The number of nitrogens with zero attached hydrogens (tertiary/aromatic N) is 1. The molecule has 1 aliphatic rings. The zero-order valence-electron chi connectivity index (χ0n) is 15.5. The highest BCUT2D eigenvalue weighted by Crippen LogP contribution is 2.16. The summed E-state index contributed by atoms with van der Waals surface area (Å²) in [5, 5.41) is 5.60. The molecule has 2 rings (SSSR count). The number of hydrogen-bond donors (Lipinski definition) is 2. The molecule has 1 heterocycles. The molecule has 7 heteroatoms. The average molecular weight is 365 g/mol. The summed E-state index contributed by atoms with van der Waals surface area (Å²) >= 11 is 0. The molecular weight excluding hydrogens is 337 g/mol. The van der Waals surface area contributed by atoms with E-state index in [1.54, 1.807) is 18.2 Å². The van der Waals surface area contributed by atoms with Crippen LogP contribution in [0, 0.1) is 5.82 Å². The van der Waals surface area contributed by atoms with Crippen LogP contribution < -0.4 is 10.6 Å². The van der Waals surface area contributed by atoms with Gasteiger partial charge in [0.1, 0.15) is 5.82 Å². The number of carbonyl (C=O) groups is 2. The van der Waals surface area contributed by atoms with Gasteiger partial charge < -0.3 is 15.4 Å². The molecular formula is C19H28FN3O3. The van der Waals surface area contributed by atoms with Crippen molar-refractivity contribution in [1.82, 2.24) is 15.5 Å². The fourth-order valence-electron chi connectivity index (χ4n) is 2.89. The lowest BCUT2D eigenvalue weighted by Crippen LogP contribution is -2.56. The maximum absolute atomic E-state index is 13.9. The fourth-order valence-corrected chi connectivity index (χ4v) is 2.89. The molecule has 1 aliphatic heterocycles. The molecule has 1 unspecified atom stereocenters. The van der Waals surface area contributed by atoms with Crippen molar-refractivity contribution < 1.29 is 18.7 Å². The van der Waals surface area contributed by atoms with Crippen LogP contribution in [0.1, 0.15) is 32.3 Å². The van der Waals surface area contributed by atoms with Gasteiger partial charge in [0.2, 0.25) is 11.8 Å². The molecule has 1 fully saturated rings. The molecule has 0 bridgehead atoms. The van der Waals surface area contributed by atoms with Crippen LogP contribution in [0.4, 0.5) is 4.39 Å². The Morgan fingerprint density at radius 1 is 1.42 bits per heavy atom. The van der Waals surface area contributed by atoms with Crippen LogP contribution in [0.5, 0.6) is 0 Å². The second kappa shape index (κ2) is 10.2. The second-order valence-corrected chi connectivity index (χ2v) is 6.70. The molecule has 0 aliphatic carbocycles. The van der Waals surface area contributed by atoms with Gasteiger partial charge in [-0.2, -0.15) is 0 Å². The van der Waals surface area contributed by atoms with Crippen molar-refractivity contribution in [3.8, 4) is 0 Å². The largest absolute Gasteiger partial charge is 0.379 e. The van der Waals surface area contributed by atoms with Gasteiger partial charge in [-0.15, -0.1) is 0 Å². The third-order valence-electron chi connectivity index (χ3n) is 4.25. The highest BCUT2D eigenvalue weighted by atomic mass is 19.1. The first kappa shape index (κ1) is 20.3. The first-order valence-corrected chi connectivity index (χ1v) is 9.11. The monoisotopic (exact) mass is 365 g/mol. The minimum absolute atomic E-state index is 0.0608. The number of carbonyl (C=O) groups excluding carboxylic acids is 2. The summed E-state index contributed by atoms with van der Waals surface area (Å²) in [4.78, 5) is 26.3. The molecule has 1 atom stereocenters. The van der Waals surface area contributed by atoms with E-state index in [9.17, 15) is 14.0 Å². The zero-order chi connectivity index (χ0) is 18.9. The smallest absolute Gasteiger partial charge is 0.237 e. The first-order chi connectivity index (χ1) is 12.5. The maximum atomic E-state index is 13.9. The van der Waals surface area contributed by atoms with Gasteiger partial charge in [-0.25, -0.2) is 4.39 Å². The van der Waals surface area contributed by atoms with Crippen LogP contribution in [0.2, 0.25) is 0 Å². The fraction of sp³-hybridized carbons (Fsp3) is 0.579. The van der Waals surface area contributed by atoms with Crippen molar-refractivity contribution in [1.29, 1.82) is 0 Å².